The maximum atomic E-state index is 5.31. The summed E-state index contributed by atoms with van der Waals surface area (Å²) in [6, 6.07) is 5.75. The molecule has 5 heteroatoms. The number of hydrogen-bond donors (Lipinski definition) is 1. The van der Waals surface area contributed by atoms with E-state index >= 15 is 0 Å². The molecule has 17 heavy (non-hydrogen) atoms. The lowest BCUT2D eigenvalue weighted by molar-refractivity contribution is -0.109. The lowest BCUT2D eigenvalue weighted by atomic mass is 10.2. The number of hydrogen-bond acceptors (Lipinski definition) is 5. The molecule has 1 aliphatic rings. The van der Waals surface area contributed by atoms with E-state index in [0.717, 1.165) is 17.2 Å². The Balaban J connectivity index is 2.03. The predicted molar refractivity (Wildman–Crippen MR) is 63.5 cm³/mol. The van der Waals surface area contributed by atoms with Crippen molar-refractivity contribution in [1.29, 1.82) is 0 Å². The highest BCUT2D eigenvalue weighted by Gasteiger charge is 2.17. The average Bonchev–Trinajstić information content (AvgIpc) is 2.77. The summed E-state index contributed by atoms with van der Waals surface area (Å²) in [4.78, 5) is 0. The molecule has 1 atom stereocenters. The molecule has 1 N–H and O–H groups in total. The van der Waals surface area contributed by atoms with Crippen LogP contribution in [0.15, 0.2) is 18.2 Å². The summed E-state index contributed by atoms with van der Waals surface area (Å²) in [7, 11) is 3.23. The van der Waals surface area contributed by atoms with Gasteiger partial charge in [-0.05, 0) is 19.1 Å². The fraction of sp³-hybridized carbons (Fsp3) is 0.500. The summed E-state index contributed by atoms with van der Waals surface area (Å²) in [6.45, 7) is 2.27. The number of benzene rings is 1. The zero-order valence-electron chi connectivity index (χ0n) is 10.2. The minimum atomic E-state index is -0.291. The van der Waals surface area contributed by atoms with Gasteiger partial charge in [0.2, 0.25) is 6.79 Å². The van der Waals surface area contributed by atoms with Gasteiger partial charge in [0, 0.05) is 26.0 Å². The molecule has 2 rings (SSSR count). The van der Waals surface area contributed by atoms with Crippen LogP contribution in [-0.4, -0.2) is 33.3 Å². The van der Waals surface area contributed by atoms with Crippen LogP contribution in [0.4, 0.5) is 5.69 Å². The molecule has 1 heterocycles. The summed E-state index contributed by atoms with van der Waals surface area (Å²) in [5, 5.41) is 3.29. The van der Waals surface area contributed by atoms with Crippen LogP contribution in [0.3, 0.4) is 0 Å². The summed E-state index contributed by atoms with van der Waals surface area (Å²) < 4.78 is 20.9. The minimum Gasteiger partial charge on any atom is -0.454 e. The third-order valence-electron chi connectivity index (χ3n) is 2.64. The number of ether oxygens (including phenoxy) is 4. The Morgan fingerprint density at radius 3 is 2.59 bits per heavy atom. The van der Waals surface area contributed by atoms with Crippen LogP contribution in [0.2, 0.25) is 0 Å². The fourth-order valence-corrected chi connectivity index (χ4v) is 1.82. The standard InChI is InChI=1S/C12H17NO4/c1-8(12(14-2)15-3)13-9-4-5-10-11(6-9)17-7-16-10/h4-6,8,12-13H,7H2,1-3H3. The molecule has 0 aliphatic carbocycles. The van der Waals surface area contributed by atoms with Crippen LogP contribution in [0.1, 0.15) is 6.92 Å². The number of fused-ring (bicyclic) bond motifs is 1. The average molecular weight is 239 g/mol. The lowest BCUT2D eigenvalue weighted by Gasteiger charge is -2.23. The second-order valence-corrected chi connectivity index (χ2v) is 3.84. The highest BCUT2D eigenvalue weighted by molar-refractivity contribution is 5.56. The van der Waals surface area contributed by atoms with Gasteiger partial charge in [-0.25, -0.2) is 0 Å². The van der Waals surface area contributed by atoms with Gasteiger partial charge < -0.3 is 24.3 Å². The van der Waals surface area contributed by atoms with Gasteiger partial charge in [0.1, 0.15) is 0 Å². The normalized spacial score (nSPS) is 15.1. The van der Waals surface area contributed by atoms with Gasteiger partial charge in [-0.2, -0.15) is 0 Å². The molecule has 1 unspecified atom stereocenters. The van der Waals surface area contributed by atoms with E-state index < -0.39 is 0 Å². The summed E-state index contributed by atoms with van der Waals surface area (Å²) >= 11 is 0. The van der Waals surface area contributed by atoms with Gasteiger partial charge >= 0.3 is 0 Å². The zero-order valence-corrected chi connectivity index (χ0v) is 10.2. The van der Waals surface area contributed by atoms with Crippen LogP contribution < -0.4 is 14.8 Å². The van der Waals surface area contributed by atoms with Crippen molar-refractivity contribution in [1.82, 2.24) is 0 Å². The zero-order chi connectivity index (χ0) is 12.3. The van der Waals surface area contributed by atoms with Gasteiger partial charge in [-0.3, -0.25) is 0 Å². The molecule has 1 aliphatic heterocycles. The first kappa shape index (κ1) is 12.0. The first-order valence-electron chi connectivity index (χ1n) is 5.46. The molecule has 0 saturated heterocycles. The highest BCUT2D eigenvalue weighted by Crippen LogP contribution is 2.34. The van der Waals surface area contributed by atoms with Crippen molar-refractivity contribution in [3.05, 3.63) is 18.2 Å². The fourth-order valence-electron chi connectivity index (χ4n) is 1.82. The largest absolute Gasteiger partial charge is 0.454 e. The molecule has 0 radical (unpaired) electrons. The van der Waals surface area contributed by atoms with E-state index in [9.17, 15) is 0 Å². The molecule has 0 fully saturated rings. The van der Waals surface area contributed by atoms with Crippen molar-refractivity contribution < 1.29 is 18.9 Å². The van der Waals surface area contributed by atoms with Gasteiger partial charge in [0.05, 0.1) is 6.04 Å². The number of rotatable bonds is 5. The molecule has 0 aromatic heterocycles. The van der Waals surface area contributed by atoms with E-state index in [4.69, 9.17) is 18.9 Å². The van der Waals surface area contributed by atoms with Gasteiger partial charge in [0.25, 0.3) is 0 Å². The van der Waals surface area contributed by atoms with E-state index in [1.165, 1.54) is 0 Å². The van der Waals surface area contributed by atoms with Crippen LogP contribution in [0.5, 0.6) is 11.5 Å². The van der Waals surface area contributed by atoms with E-state index in [1.54, 1.807) is 14.2 Å². The molecule has 0 spiro atoms. The number of methoxy groups -OCH3 is 2. The monoisotopic (exact) mass is 239 g/mol. The molecule has 1 aromatic carbocycles. The van der Waals surface area contributed by atoms with E-state index in [-0.39, 0.29) is 19.1 Å². The Morgan fingerprint density at radius 1 is 1.18 bits per heavy atom. The molecule has 0 amide bonds. The second kappa shape index (κ2) is 5.25. The molecule has 5 nitrogen and oxygen atoms in total. The van der Waals surface area contributed by atoms with Crippen LogP contribution in [-0.2, 0) is 9.47 Å². The Kier molecular flexibility index (Phi) is 3.71. The maximum Gasteiger partial charge on any atom is 0.231 e. The van der Waals surface area contributed by atoms with Crippen molar-refractivity contribution in [2.45, 2.75) is 19.3 Å². The van der Waals surface area contributed by atoms with Crippen LogP contribution in [0, 0.1) is 0 Å². The predicted octanol–water partition coefficient (Wildman–Crippen LogP) is 1.83. The first-order chi connectivity index (χ1) is 8.24. The van der Waals surface area contributed by atoms with E-state index in [0.29, 0.717) is 0 Å². The SMILES string of the molecule is COC(OC)C(C)Nc1ccc2c(c1)OCO2. The smallest absolute Gasteiger partial charge is 0.231 e. The molecule has 0 bridgehead atoms. The Hall–Kier alpha value is -1.46. The first-order valence-corrected chi connectivity index (χ1v) is 5.46. The molecule has 0 saturated carbocycles. The quantitative estimate of drug-likeness (QED) is 0.794. The van der Waals surface area contributed by atoms with Gasteiger partial charge in [0.15, 0.2) is 17.8 Å². The summed E-state index contributed by atoms with van der Waals surface area (Å²) in [5.41, 5.74) is 0.945. The third kappa shape index (κ3) is 2.62. The molecule has 94 valence electrons. The Labute approximate surface area is 101 Å². The Morgan fingerprint density at radius 2 is 1.88 bits per heavy atom. The minimum absolute atomic E-state index is 0.0328. The topological polar surface area (TPSA) is 49.0 Å². The van der Waals surface area contributed by atoms with Crippen molar-refractivity contribution in [3.8, 4) is 11.5 Å². The van der Waals surface area contributed by atoms with Gasteiger partial charge in [-0.15, -0.1) is 0 Å². The highest BCUT2D eigenvalue weighted by atomic mass is 16.7. The summed E-state index contributed by atoms with van der Waals surface area (Å²) in [6.07, 6.45) is -0.291. The van der Waals surface area contributed by atoms with Crippen molar-refractivity contribution >= 4 is 5.69 Å². The summed E-state index contributed by atoms with van der Waals surface area (Å²) in [5.74, 6) is 1.53. The van der Waals surface area contributed by atoms with Crippen LogP contribution >= 0.6 is 0 Å². The van der Waals surface area contributed by atoms with Gasteiger partial charge in [-0.1, -0.05) is 0 Å². The number of anilines is 1. The van der Waals surface area contributed by atoms with E-state index in [2.05, 4.69) is 5.32 Å². The van der Waals surface area contributed by atoms with Crippen LogP contribution in [0.25, 0.3) is 0 Å². The third-order valence-corrected chi connectivity index (χ3v) is 2.64. The molecular weight excluding hydrogens is 222 g/mol. The Bertz CT molecular complexity index is 379. The maximum absolute atomic E-state index is 5.31. The second-order valence-electron chi connectivity index (χ2n) is 3.84. The van der Waals surface area contributed by atoms with Crippen molar-refractivity contribution in [3.63, 3.8) is 0 Å². The van der Waals surface area contributed by atoms with E-state index in [1.807, 2.05) is 25.1 Å². The van der Waals surface area contributed by atoms with Crippen molar-refractivity contribution in [2.75, 3.05) is 26.3 Å². The number of nitrogens with one attached hydrogen (secondary N) is 1. The molecular formula is C12H17NO4. The lowest BCUT2D eigenvalue weighted by Crippen LogP contribution is -2.33. The van der Waals surface area contributed by atoms with Crippen molar-refractivity contribution in [2.24, 2.45) is 0 Å². The molecule has 1 aromatic rings.